The van der Waals surface area contributed by atoms with Crippen LogP contribution in [0.2, 0.25) is 0 Å². The van der Waals surface area contributed by atoms with E-state index in [1.165, 1.54) is 0 Å². The fourth-order valence-corrected chi connectivity index (χ4v) is 3.06. The molecule has 0 bridgehead atoms. The predicted octanol–water partition coefficient (Wildman–Crippen LogP) is -1.21. The summed E-state index contributed by atoms with van der Waals surface area (Å²) in [6.45, 7) is -0.482. The summed E-state index contributed by atoms with van der Waals surface area (Å²) in [5, 5.41) is 42.1. The summed E-state index contributed by atoms with van der Waals surface area (Å²) in [4.78, 5) is 12.3. The maximum atomic E-state index is 12.3. The van der Waals surface area contributed by atoms with Crippen LogP contribution in [0.4, 0.5) is 0 Å². The molecule has 1 saturated carbocycles. The molecule has 126 valence electrons. The standard InChI is InChI=1S/C16H21NO6/c18-8-10-11(19)12(20)13(21)14(23-10)16(6-7-16)17-15(22)9-4-2-1-3-5-9/h1-5,10-14,18-21H,6-8H2,(H,17,22)/t10-,11-,12+,13-,14-/m1/s1. The first-order valence-electron chi connectivity index (χ1n) is 7.66. The van der Waals surface area contributed by atoms with Crippen molar-refractivity contribution < 1.29 is 30.0 Å². The third-order valence-electron chi connectivity index (χ3n) is 4.62. The van der Waals surface area contributed by atoms with Crippen LogP contribution in [-0.4, -0.2) is 69.0 Å². The number of benzene rings is 1. The number of rotatable bonds is 4. The third kappa shape index (κ3) is 2.98. The second-order valence-corrected chi connectivity index (χ2v) is 6.23. The van der Waals surface area contributed by atoms with Crippen LogP contribution in [0.5, 0.6) is 0 Å². The number of amides is 1. The molecule has 1 aliphatic heterocycles. The van der Waals surface area contributed by atoms with E-state index in [0.717, 1.165) is 0 Å². The molecule has 1 heterocycles. The van der Waals surface area contributed by atoms with Crippen molar-refractivity contribution in [1.29, 1.82) is 0 Å². The van der Waals surface area contributed by atoms with Crippen molar-refractivity contribution in [3.8, 4) is 0 Å². The van der Waals surface area contributed by atoms with E-state index in [2.05, 4.69) is 5.32 Å². The molecule has 1 amide bonds. The normalized spacial score (nSPS) is 35.6. The van der Waals surface area contributed by atoms with E-state index in [4.69, 9.17) is 4.74 Å². The topological polar surface area (TPSA) is 119 Å². The smallest absolute Gasteiger partial charge is 0.251 e. The second-order valence-electron chi connectivity index (χ2n) is 6.23. The van der Waals surface area contributed by atoms with Crippen LogP contribution in [0.15, 0.2) is 30.3 Å². The number of aliphatic hydroxyl groups is 4. The van der Waals surface area contributed by atoms with Crippen LogP contribution in [0.3, 0.4) is 0 Å². The van der Waals surface area contributed by atoms with Gasteiger partial charge in [0.2, 0.25) is 0 Å². The first-order chi connectivity index (χ1) is 11.0. The molecule has 23 heavy (non-hydrogen) atoms. The first-order valence-corrected chi connectivity index (χ1v) is 7.66. The van der Waals surface area contributed by atoms with E-state index < -0.39 is 42.7 Å². The first kappa shape index (κ1) is 16.4. The van der Waals surface area contributed by atoms with Crippen molar-refractivity contribution >= 4 is 5.91 Å². The molecular weight excluding hydrogens is 302 g/mol. The van der Waals surface area contributed by atoms with Crippen LogP contribution in [-0.2, 0) is 4.74 Å². The molecule has 2 fully saturated rings. The zero-order chi connectivity index (χ0) is 16.6. The van der Waals surface area contributed by atoms with Crippen molar-refractivity contribution in [2.45, 2.75) is 48.9 Å². The molecule has 0 aromatic heterocycles. The zero-order valence-corrected chi connectivity index (χ0v) is 12.5. The van der Waals surface area contributed by atoms with Crippen LogP contribution in [0, 0.1) is 0 Å². The van der Waals surface area contributed by atoms with Gasteiger partial charge in [0.15, 0.2) is 0 Å². The fraction of sp³-hybridized carbons (Fsp3) is 0.562. The lowest BCUT2D eigenvalue weighted by atomic mass is 9.90. The Morgan fingerprint density at radius 2 is 1.78 bits per heavy atom. The fourth-order valence-electron chi connectivity index (χ4n) is 3.06. The van der Waals surface area contributed by atoms with Gasteiger partial charge < -0.3 is 30.5 Å². The SMILES string of the molecule is O=C(NC1([C@@H]2O[C@H](CO)[C@@H](O)[C@H](O)[C@H]2O)CC1)c1ccccc1. The molecule has 0 unspecified atom stereocenters. The minimum Gasteiger partial charge on any atom is -0.394 e. The number of ether oxygens (including phenoxy) is 1. The molecule has 5 N–H and O–H groups in total. The molecule has 1 aromatic rings. The second kappa shape index (κ2) is 6.18. The third-order valence-corrected chi connectivity index (χ3v) is 4.62. The molecular formula is C16H21NO6. The van der Waals surface area contributed by atoms with E-state index in [0.29, 0.717) is 18.4 Å². The average molecular weight is 323 g/mol. The van der Waals surface area contributed by atoms with Crippen LogP contribution < -0.4 is 5.32 Å². The van der Waals surface area contributed by atoms with Gasteiger partial charge in [-0.05, 0) is 25.0 Å². The minimum atomic E-state index is -1.43. The number of nitrogens with one attached hydrogen (secondary N) is 1. The number of carbonyl (C=O) groups excluding carboxylic acids is 1. The largest absolute Gasteiger partial charge is 0.394 e. The average Bonchev–Trinajstić information content (AvgIpc) is 3.34. The lowest BCUT2D eigenvalue weighted by Gasteiger charge is -2.43. The summed E-state index contributed by atoms with van der Waals surface area (Å²) in [6, 6.07) is 8.67. The molecule has 1 aliphatic carbocycles. The summed E-state index contributed by atoms with van der Waals surface area (Å²) in [7, 11) is 0. The molecule has 1 aromatic carbocycles. The van der Waals surface area contributed by atoms with E-state index in [1.807, 2.05) is 0 Å². The van der Waals surface area contributed by atoms with Gasteiger partial charge in [0.1, 0.15) is 30.5 Å². The highest BCUT2D eigenvalue weighted by Gasteiger charge is 2.59. The molecule has 0 spiro atoms. The maximum Gasteiger partial charge on any atom is 0.251 e. The van der Waals surface area contributed by atoms with Gasteiger partial charge in [0.25, 0.3) is 5.91 Å². The van der Waals surface area contributed by atoms with Crippen LogP contribution in [0.25, 0.3) is 0 Å². The Hall–Kier alpha value is -1.51. The van der Waals surface area contributed by atoms with Gasteiger partial charge in [0.05, 0.1) is 12.1 Å². The van der Waals surface area contributed by atoms with Crippen LogP contribution >= 0.6 is 0 Å². The number of hydrogen-bond acceptors (Lipinski definition) is 6. The predicted molar refractivity (Wildman–Crippen MR) is 79.6 cm³/mol. The summed E-state index contributed by atoms with van der Waals surface area (Å²) < 4.78 is 5.57. The molecule has 1 saturated heterocycles. The van der Waals surface area contributed by atoms with Gasteiger partial charge in [-0.2, -0.15) is 0 Å². The van der Waals surface area contributed by atoms with E-state index >= 15 is 0 Å². The molecule has 3 rings (SSSR count). The van der Waals surface area contributed by atoms with Gasteiger partial charge >= 0.3 is 0 Å². The van der Waals surface area contributed by atoms with Crippen molar-refractivity contribution in [1.82, 2.24) is 5.32 Å². The molecule has 5 atom stereocenters. The van der Waals surface area contributed by atoms with Crippen molar-refractivity contribution in [3.05, 3.63) is 35.9 Å². The summed E-state index contributed by atoms with van der Waals surface area (Å²) in [5.74, 6) is -0.292. The van der Waals surface area contributed by atoms with Crippen molar-refractivity contribution in [2.24, 2.45) is 0 Å². The molecule has 7 nitrogen and oxygen atoms in total. The Kier molecular flexibility index (Phi) is 4.39. The lowest BCUT2D eigenvalue weighted by molar-refractivity contribution is -0.237. The Morgan fingerprint density at radius 1 is 1.13 bits per heavy atom. The Balaban J connectivity index is 1.76. The van der Waals surface area contributed by atoms with Gasteiger partial charge in [-0.1, -0.05) is 18.2 Å². The van der Waals surface area contributed by atoms with Crippen molar-refractivity contribution in [3.63, 3.8) is 0 Å². The van der Waals surface area contributed by atoms with E-state index in [1.54, 1.807) is 30.3 Å². The van der Waals surface area contributed by atoms with Crippen molar-refractivity contribution in [2.75, 3.05) is 6.61 Å². The molecule has 0 radical (unpaired) electrons. The Morgan fingerprint density at radius 3 is 2.35 bits per heavy atom. The molecule has 7 heteroatoms. The van der Waals surface area contributed by atoms with Gasteiger partial charge in [-0.25, -0.2) is 0 Å². The van der Waals surface area contributed by atoms with Crippen LogP contribution in [0.1, 0.15) is 23.2 Å². The van der Waals surface area contributed by atoms with E-state index in [9.17, 15) is 25.2 Å². The summed E-state index contributed by atoms with van der Waals surface area (Å²) >= 11 is 0. The monoisotopic (exact) mass is 323 g/mol. The number of carbonyl (C=O) groups is 1. The highest BCUT2D eigenvalue weighted by atomic mass is 16.5. The minimum absolute atomic E-state index is 0.292. The highest BCUT2D eigenvalue weighted by molar-refractivity contribution is 5.95. The van der Waals surface area contributed by atoms with Gasteiger partial charge in [-0.15, -0.1) is 0 Å². The summed E-state index contributed by atoms with van der Waals surface area (Å²) in [5.41, 5.74) is -0.302. The number of hydrogen-bond donors (Lipinski definition) is 5. The number of aliphatic hydroxyl groups excluding tert-OH is 4. The molecule has 2 aliphatic rings. The summed E-state index contributed by atoms with van der Waals surface area (Å²) in [6.07, 6.45) is -4.84. The Bertz CT molecular complexity index is 559. The quantitative estimate of drug-likeness (QED) is 0.474. The maximum absolute atomic E-state index is 12.3. The zero-order valence-electron chi connectivity index (χ0n) is 12.5. The van der Waals surface area contributed by atoms with E-state index in [-0.39, 0.29) is 5.91 Å². The lowest BCUT2D eigenvalue weighted by Crippen LogP contribution is -2.65. The highest BCUT2D eigenvalue weighted by Crippen LogP contribution is 2.44. The Labute approximate surface area is 133 Å². The van der Waals surface area contributed by atoms with Gasteiger partial charge in [-0.3, -0.25) is 4.79 Å². The van der Waals surface area contributed by atoms with Gasteiger partial charge in [0, 0.05) is 5.56 Å².